The molecule has 0 saturated heterocycles. The molecule has 1 heterocycles. The average molecular weight is 537 g/mol. The minimum absolute atomic E-state index is 1.26. The molecule has 1 heteroatoms. The lowest BCUT2D eigenvalue weighted by atomic mass is 9.84. The van der Waals surface area contributed by atoms with Gasteiger partial charge in [-0.15, -0.1) is 11.3 Å². The van der Waals surface area contributed by atoms with Crippen LogP contribution in [-0.4, -0.2) is 0 Å². The fourth-order valence-electron chi connectivity index (χ4n) is 6.87. The minimum atomic E-state index is 1.26. The van der Waals surface area contributed by atoms with Crippen molar-refractivity contribution in [2.24, 2.45) is 0 Å². The Labute approximate surface area is 241 Å². The molecular weight excluding hydrogens is 513 g/mol. The maximum absolute atomic E-state index is 2.45. The fraction of sp³-hybridized carbons (Fsp3) is 0. The number of hydrogen-bond acceptors (Lipinski definition) is 1. The summed E-state index contributed by atoms with van der Waals surface area (Å²) in [5.74, 6) is 0. The van der Waals surface area contributed by atoms with Crippen molar-refractivity contribution in [2.45, 2.75) is 0 Å². The average Bonchev–Trinajstić information content (AvgIpc) is 3.42. The van der Waals surface area contributed by atoms with Gasteiger partial charge >= 0.3 is 0 Å². The summed E-state index contributed by atoms with van der Waals surface area (Å²) in [4.78, 5) is 0. The second-order valence-corrected chi connectivity index (χ2v) is 11.9. The fourth-order valence-corrected chi connectivity index (χ4v) is 8.03. The van der Waals surface area contributed by atoms with Gasteiger partial charge in [0.15, 0.2) is 0 Å². The van der Waals surface area contributed by atoms with Crippen molar-refractivity contribution in [2.75, 3.05) is 0 Å². The van der Waals surface area contributed by atoms with Gasteiger partial charge in [-0.25, -0.2) is 0 Å². The van der Waals surface area contributed by atoms with Gasteiger partial charge in [0.1, 0.15) is 0 Å². The van der Waals surface area contributed by atoms with E-state index in [0.717, 1.165) is 0 Å². The number of hydrogen-bond donors (Lipinski definition) is 0. The highest BCUT2D eigenvalue weighted by Crippen LogP contribution is 2.48. The normalized spacial score (nSPS) is 11.9. The van der Waals surface area contributed by atoms with E-state index in [4.69, 9.17) is 0 Å². The number of rotatable bonds is 2. The lowest BCUT2D eigenvalue weighted by Crippen LogP contribution is -1.92. The van der Waals surface area contributed by atoms with Crippen molar-refractivity contribution >= 4 is 74.6 Å². The maximum Gasteiger partial charge on any atom is 0.0368 e. The molecule has 190 valence electrons. The van der Waals surface area contributed by atoms with E-state index in [0.29, 0.717) is 0 Å². The summed E-state index contributed by atoms with van der Waals surface area (Å²) in [6, 6.07) is 53.7. The summed E-state index contributed by atoms with van der Waals surface area (Å²) in [5.41, 5.74) is 5.18. The molecular formula is C40H24S. The van der Waals surface area contributed by atoms with E-state index in [1.54, 1.807) is 0 Å². The second kappa shape index (κ2) is 8.76. The summed E-state index contributed by atoms with van der Waals surface area (Å²) >= 11 is 1.90. The Morgan fingerprint density at radius 3 is 1.59 bits per heavy atom. The lowest BCUT2D eigenvalue weighted by Gasteiger charge is -2.19. The van der Waals surface area contributed by atoms with Crippen LogP contribution in [0.25, 0.3) is 85.5 Å². The third-order valence-electron chi connectivity index (χ3n) is 8.62. The van der Waals surface area contributed by atoms with Crippen LogP contribution >= 0.6 is 11.3 Å². The highest BCUT2D eigenvalue weighted by Gasteiger charge is 2.20. The van der Waals surface area contributed by atoms with Gasteiger partial charge < -0.3 is 0 Å². The van der Waals surface area contributed by atoms with Gasteiger partial charge in [-0.1, -0.05) is 127 Å². The molecule has 8 aromatic carbocycles. The summed E-state index contributed by atoms with van der Waals surface area (Å²) < 4.78 is 2.68. The van der Waals surface area contributed by atoms with E-state index in [1.165, 1.54) is 85.5 Å². The molecule has 41 heavy (non-hydrogen) atoms. The molecule has 9 rings (SSSR count). The van der Waals surface area contributed by atoms with Gasteiger partial charge in [0.25, 0.3) is 0 Å². The third-order valence-corrected chi connectivity index (χ3v) is 9.74. The van der Waals surface area contributed by atoms with E-state index in [-0.39, 0.29) is 0 Å². The SMILES string of the molecule is c1ccc2cc(-c3c4ccccc4c(-c4cc5sc6ccccc6c5c5ccccc45)c4ccccc34)ccc2c1. The quantitative estimate of drug-likeness (QED) is 0.193. The first-order valence-corrected chi connectivity index (χ1v) is 14.9. The highest BCUT2D eigenvalue weighted by atomic mass is 32.1. The molecule has 0 radical (unpaired) electrons. The molecule has 0 saturated carbocycles. The topological polar surface area (TPSA) is 0 Å². The van der Waals surface area contributed by atoms with E-state index in [2.05, 4.69) is 146 Å². The van der Waals surface area contributed by atoms with Crippen LogP contribution in [0.2, 0.25) is 0 Å². The summed E-state index contributed by atoms with van der Waals surface area (Å²) in [5, 5.41) is 13.0. The van der Waals surface area contributed by atoms with Crippen LogP contribution in [0.3, 0.4) is 0 Å². The van der Waals surface area contributed by atoms with Crippen LogP contribution in [0, 0.1) is 0 Å². The molecule has 0 amide bonds. The summed E-state index contributed by atoms with van der Waals surface area (Å²) in [6.45, 7) is 0. The van der Waals surface area contributed by atoms with Crippen molar-refractivity contribution in [1.29, 1.82) is 0 Å². The van der Waals surface area contributed by atoms with Crippen molar-refractivity contribution in [3.05, 3.63) is 146 Å². The maximum atomic E-state index is 2.45. The molecule has 0 N–H and O–H groups in total. The first-order chi connectivity index (χ1) is 20.3. The molecule has 0 fully saturated rings. The number of benzene rings is 8. The van der Waals surface area contributed by atoms with Crippen LogP contribution in [0.1, 0.15) is 0 Å². The van der Waals surface area contributed by atoms with Crippen LogP contribution in [0.5, 0.6) is 0 Å². The lowest BCUT2D eigenvalue weighted by molar-refractivity contribution is 1.69. The Morgan fingerprint density at radius 2 is 0.878 bits per heavy atom. The molecule has 0 unspecified atom stereocenters. The Hall–Kier alpha value is -4.98. The van der Waals surface area contributed by atoms with Crippen LogP contribution in [-0.2, 0) is 0 Å². The van der Waals surface area contributed by atoms with Gasteiger partial charge in [-0.05, 0) is 83.5 Å². The molecule has 0 spiro atoms. The van der Waals surface area contributed by atoms with Gasteiger partial charge in [-0.3, -0.25) is 0 Å². The van der Waals surface area contributed by atoms with E-state index < -0.39 is 0 Å². The monoisotopic (exact) mass is 536 g/mol. The smallest absolute Gasteiger partial charge is 0.0368 e. The summed E-state index contributed by atoms with van der Waals surface area (Å²) in [6.07, 6.45) is 0. The molecule has 0 nitrogen and oxygen atoms in total. The van der Waals surface area contributed by atoms with Crippen molar-refractivity contribution < 1.29 is 0 Å². The molecule has 0 atom stereocenters. The first-order valence-electron chi connectivity index (χ1n) is 14.1. The molecule has 0 aliphatic heterocycles. The molecule has 1 aromatic heterocycles. The van der Waals surface area contributed by atoms with Crippen molar-refractivity contribution in [3.63, 3.8) is 0 Å². The Balaban J connectivity index is 1.45. The molecule has 0 bridgehead atoms. The van der Waals surface area contributed by atoms with Gasteiger partial charge in [0.2, 0.25) is 0 Å². The minimum Gasteiger partial charge on any atom is -0.135 e. The van der Waals surface area contributed by atoms with E-state index >= 15 is 0 Å². The Kier molecular flexibility index (Phi) is 4.87. The first kappa shape index (κ1) is 22.8. The van der Waals surface area contributed by atoms with Gasteiger partial charge in [0.05, 0.1) is 0 Å². The third kappa shape index (κ3) is 3.33. The summed E-state index contributed by atoms with van der Waals surface area (Å²) in [7, 11) is 0. The predicted molar refractivity (Wildman–Crippen MR) is 180 cm³/mol. The van der Waals surface area contributed by atoms with E-state index in [9.17, 15) is 0 Å². The highest BCUT2D eigenvalue weighted by molar-refractivity contribution is 7.26. The number of thiophene rings is 1. The standard InChI is InChI=1S/C40H24S/c1-2-12-26-23-27(22-21-25(26)11-1)38-30-15-5-7-17-32(30)39(33-18-8-6-16-31(33)38)35-24-37-40(29-14-4-3-13-28(29)35)34-19-9-10-20-36(34)41-37/h1-24H. The zero-order valence-corrected chi connectivity index (χ0v) is 23.1. The molecule has 0 aliphatic carbocycles. The van der Waals surface area contributed by atoms with Crippen molar-refractivity contribution in [3.8, 4) is 22.3 Å². The zero-order valence-electron chi connectivity index (χ0n) is 22.3. The van der Waals surface area contributed by atoms with Gasteiger partial charge in [-0.2, -0.15) is 0 Å². The Bertz CT molecular complexity index is 2420. The van der Waals surface area contributed by atoms with Crippen LogP contribution in [0.15, 0.2) is 146 Å². The van der Waals surface area contributed by atoms with E-state index in [1.807, 2.05) is 11.3 Å². The Morgan fingerprint density at radius 1 is 0.341 bits per heavy atom. The van der Waals surface area contributed by atoms with Crippen LogP contribution in [0.4, 0.5) is 0 Å². The van der Waals surface area contributed by atoms with Crippen molar-refractivity contribution in [1.82, 2.24) is 0 Å². The largest absolute Gasteiger partial charge is 0.135 e. The molecule has 9 aromatic rings. The zero-order chi connectivity index (χ0) is 26.9. The van der Waals surface area contributed by atoms with Crippen LogP contribution < -0.4 is 0 Å². The predicted octanol–water partition coefficient (Wildman–Crippen LogP) is 12.0. The second-order valence-electron chi connectivity index (χ2n) is 10.8. The van der Waals surface area contributed by atoms with Gasteiger partial charge in [0, 0.05) is 20.2 Å². The molecule has 0 aliphatic rings. The number of fused-ring (bicyclic) bond motifs is 8.